The lowest BCUT2D eigenvalue weighted by Gasteiger charge is -2.07. The molecule has 0 aliphatic carbocycles. The van der Waals surface area contributed by atoms with E-state index in [0.29, 0.717) is 5.69 Å². The van der Waals surface area contributed by atoms with Crippen LogP contribution in [0.25, 0.3) is 0 Å². The molecule has 0 bridgehead atoms. The van der Waals surface area contributed by atoms with Crippen LogP contribution < -0.4 is 4.72 Å². The van der Waals surface area contributed by atoms with Gasteiger partial charge in [-0.1, -0.05) is 0 Å². The molecule has 3 N–H and O–H groups in total. The molecule has 0 radical (unpaired) electrons. The summed E-state index contributed by atoms with van der Waals surface area (Å²) in [5, 5.41) is 15.0. The maximum absolute atomic E-state index is 13.6. The van der Waals surface area contributed by atoms with Crippen molar-refractivity contribution in [2.75, 3.05) is 0 Å². The van der Waals surface area contributed by atoms with Gasteiger partial charge in [0.05, 0.1) is 17.8 Å². The Hall–Kier alpha value is -2.26. The van der Waals surface area contributed by atoms with E-state index in [2.05, 4.69) is 14.9 Å². The van der Waals surface area contributed by atoms with Crippen molar-refractivity contribution in [2.45, 2.75) is 11.4 Å². The second kappa shape index (κ2) is 5.39. The lowest BCUT2D eigenvalue weighted by Crippen LogP contribution is -2.24. The Balaban J connectivity index is 2.28. The number of hydrogen-bond acceptors (Lipinski definition) is 4. The zero-order chi connectivity index (χ0) is 14.8. The maximum Gasteiger partial charge on any atom is 0.335 e. The summed E-state index contributed by atoms with van der Waals surface area (Å²) in [6, 6.07) is 4.11. The molecule has 0 aliphatic rings. The number of benzene rings is 1. The van der Waals surface area contributed by atoms with Gasteiger partial charge in [0.2, 0.25) is 10.0 Å². The highest BCUT2D eigenvalue weighted by molar-refractivity contribution is 7.89. The molecular formula is C11H10FN3O4S. The molecule has 20 heavy (non-hydrogen) atoms. The third-order valence-electron chi connectivity index (χ3n) is 2.48. The summed E-state index contributed by atoms with van der Waals surface area (Å²) < 4.78 is 39.6. The molecule has 7 nitrogen and oxygen atoms in total. The minimum Gasteiger partial charge on any atom is -0.478 e. The number of halogens is 1. The molecule has 0 unspecified atom stereocenters. The van der Waals surface area contributed by atoms with Gasteiger partial charge in [0.1, 0.15) is 10.7 Å². The molecule has 1 aromatic heterocycles. The Bertz CT molecular complexity index is 728. The molecule has 0 saturated carbocycles. The topological polar surface area (TPSA) is 112 Å². The lowest BCUT2D eigenvalue weighted by molar-refractivity contribution is 0.0696. The summed E-state index contributed by atoms with van der Waals surface area (Å²) in [6.07, 6.45) is 1.44. The fourth-order valence-corrected chi connectivity index (χ4v) is 2.58. The van der Waals surface area contributed by atoms with Crippen LogP contribution in [0.1, 0.15) is 16.1 Å². The van der Waals surface area contributed by atoms with Crippen molar-refractivity contribution in [1.82, 2.24) is 14.9 Å². The lowest BCUT2D eigenvalue weighted by atomic mass is 10.2. The highest BCUT2D eigenvalue weighted by atomic mass is 32.2. The van der Waals surface area contributed by atoms with Crippen LogP contribution in [0.3, 0.4) is 0 Å². The average Bonchev–Trinajstić information content (AvgIpc) is 2.89. The Morgan fingerprint density at radius 1 is 1.40 bits per heavy atom. The van der Waals surface area contributed by atoms with Crippen LogP contribution in [0.5, 0.6) is 0 Å². The van der Waals surface area contributed by atoms with Gasteiger partial charge < -0.3 is 5.11 Å². The van der Waals surface area contributed by atoms with E-state index < -0.39 is 26.7 Å². The van der Waals surface area contributed by atoms with Gasteiger partial charge >= 0.3 is 5.97 Å². The van der Waals surface area contributed by atoms with Gasteiger partial charge in [-0.25, -0.2) is 22.3 Å². The largest absolute Gasteiger partial charge is 0.478 e. The number of aromatic nitrogens is 2. The Morgan fingerprint density at radius 2 is 2.15 bits per heavy atom. The van der Waals surface area contributed by atoms with Crippen LogP contribution in [-0.4, -0.2) is 29.7 Å². The summed E-state index contributed by atoms with van der Waals surface area (Å²) in [6.45, 7) is -0.112. The second-order valence-electron chi connectivity index (χ2n) is 3.86. The minimum atomic E-state index is -4.16. The smallest absolute Gasteiger partial charge is 0.335 e. The number of carboxylic acids is 1. The van der Waals surface area contributed by atoms with Crippen LogP contribution in [0.2, 0.25) is 0 Å². The molecule has 0 aliphatic heterocycles. The van der Waals surface area contributed by atoms with E-state index in [4.69, 9.17) is 5.11 Å². The molecule has 2 rings (SSSR count). The van der Waals surface area contributed by atoms with E-state index in [0.717, 1.165) is 18.2 Å². The van der Waals surface area contributed by atoms with Crippen LogP contribution in [-0.2, 0) is 16.6 Å². The number of rotatable bonds is 5. The monoisotopic (exact) mass is 299 g/mol. The number of sulfonamides is 1. The van der Waals surface area contributed by atoms with Gasteiger partial charge in [0.25, 0.3) is 0 Å². The van der Waals surface area contributed by atoms with E-state index in [9.17, 15) is 17.6 Å². The number of nitrogens with one attached hydrogen (secondary N) is 2. The van der Waals surface area contributed by atoms with E-state index in [1.165, 1.54) is 6.20 Å². The Labute approximate surface area is 113 Å². The molecule has 0 amide bonds. The number of aromatic carboxylic acids is 1. The summed E-state index contributed by atoms with van der Waals surface area (Å²) >= 11 is 0. The molecule has 9 heteroatoms. The van der Waals surface area contributed by atoms with Gasteiger partial charge in [0.15, 0.2) is 0 Å². The Kier molecular flexibility index (Phi) is 3.81. The predicted molar refractivity (Wildman–Crippen MR) is 66.0 cm³/mol. The summed E-state index contributed by atoms with van der Waals surface area (Å²) in [4.78, 5) is 10.1. The summed E-state index contributed by atoms with van der Waals surface area (Å²) in [5.41, 5.74) is 0.177. The molecule has 0 saturated heterocycles. The molecule has 2 aromatic rings. The first-order chi connectivity index (χ1) is 9.40. The first-order valence-electron chi connectivity index (χ1n) is 5.41. The van der Waals surface area contributed by atoms with Crippen molar-refractivity contribution < 1.29 is 22.7 Å². The van der Waals surface area contributed by atoms with Crippen molar-refractivity contribution in [1.29, 1.82) is 0 Å². The van der Waals surface area contributed by atoms with Gasteiger partial charge in [-0.15, -0.1) is 0 Å². The van der Waals surface area contributed by atoms with Crippen molar-refractivity contribution in [3.05, 3.63) is 47.5 Å². The van der Waals surface area contributed by atoms with Crippen molar-refractivity contribution >= 4 is 16.0 Å². The fourth-order valence-electron chi connectivity index (χ4n) is 1.48. The third-order valence-corrected chi connectivity index (χ3v) is 3.89. The molecule has 0 fully saturated rings. The first-order valence-corrected chi connectivity index (χ1v) is 6.89. The molecule has 0 atom stereocenters. The van der Waals surface area contributed by atoms with Crippen molar-refractivity contribution in [2.24, 2.45) is 0 Å². The summed E-state index contributed by atoms with van der Waals surface area (Å²) in [5.74, 6) is -2.36. The normalized spacial score (nSPS) is 11.4. The number of aromatic amines is 1. The number of nitrogens with zero attached hydrogens (tertiary/aromatic N) is 1. The second-order valence-corrected chi connectivity index (χ2v) is 5.59. The standard InChI is InChI=1S/C11H10FN3O4S/c12-9-2-1-7(11(16)17)5-10(9)20(18,19)14-6-8-3-4-13-15-8/h1-5,14H,6H2,(H,13,15)(H,16,17). The highest BCUT2D eigenvalue weighted by Crippen LogP contribution is 2.16. The molecule has 0 spiro atoms. The quantitative estimate of drug-likeness (QED) is 0.753. The van der Waals surface area contributed by atoms with E-state index in [-0.39, 0.29) is 12.1 Å². The highest BCUT2D eigenvalue weighted by Gasteiger charge is 2.21. The van der Waals surface area contributed by atoms with Crippen LogP contribution in [0, 0.1) is 5.82 Å². The van der Waals surface area contributed by atoms with Crippen molar-refractivity contribution in [3.63, 3.8) is 0 Å². The van der Waals surface area contributed by atoms with E-state index in [1.807, 2.05) is 0 Å². The SMILES string of the molecule is O=C(O)c1ccc(F)c(S(=O)(=O)NCc2ccn[nH]2)c1. The van der Waals surface area contributed by atoms with Gasteiger partial charge in [0, 0.05) is 6.20 Å². The number of hydrogen-bond donors (Lipinski definition) is 3. The van der Waals surface area contributed by atoms with Gasteiger partial charge in [-0.2, -0.15) is 5.10 Å². The zero-order valence-corrected chi connectivity index (χ0v) is 10.8. The van der Waals surface area contributed by atoms with Gasteiger partial charge in [-0.3, -0.25) is 5.10 Å². The zero-order valence-electron chi connectivity index (χ0n) is 10.00. The van der Waals surface area contributed by atoms with Crippen LogP contribution in [0.4, 0.5) is 4.39 Å². The van der Waals surface area contributed by atoms with E-state index in [1.54, 1.807) is 6.07 Å². The van der Waals surface area contributed by atoms with E-state index >= 15 is 0 Å². The Morgan fingerprint density at radius 3 is 2.75 bits per heavy atom. The number of carboxylic acid groups (broad SMARTS) is 1. The first kappa shape index (κ1) is 14.2. The number of carbonyl (C=O) groups is 1. The van der Waals surface area contributed by atoms with Crippen molar-refractivity contribution in [3.8, 4) is 0 Å². The maximum atomic E-state index is 13.6. The molecular weight excluding hydrogens is 289 g/mol. The van der Waals surface area contributed by atoms with Crippen LogP contribution in [0.15, 0.2) is 35.4 Å². The minimum absolute atomic E-state index is 0.112. The molecule has 106 valence electrons. The predicted octanol–water partition coefficient (Wildman–Crippen LogP) is 0.725. The molecule has 1 heterocycles. The fraction of sp³-hybridized carbons (Fsp3) is 0.0909. The average molecular weight is 299 g/mol. The third kappa shape index (κ3) is 3.00. The number of H-pyrrole nitrogens is 1. The van der Waals surface area contributed by atoms with Crippen LogP contribution >= 0.6 is 0 Å². The van der Waals surface area contributed by atoms with Gasteiger partial charge in [-0.05, 0) is 24.3 Å². The molecule has 1 aromatic carbocycles. The summed E-state index contributed by atoms with van der Waals surface area (Å²) in [7, 11) is -4.16.